The Labute approximate surface area is 516 Å². The van der Waals surface area contributed by atoms with Crippen molar-refractivity contribution in [1.29, 1.82) is 0 Å². The molecule has 0 saturated carbocycles. The highest BCUT2D eigenvalue weighted by Crippen LogP contribution is 2.50. The van der Waals surface area contributed by atoms with Gasteiger partial charge in [0.25, 0.3) is 0 Å². The standard InChI is InChI=1S/C49H37N.C34H23N5/c1-2-3-4-6-13-34-20-28-40(29-21-34)50-47-19-12-11-17-42(47)46-33-39(27-31-48(46)50)38-26-30-44-45(32-38)41-16-9-10-18-43(41)49(44)37-24-22-36(23-25-37)35-14-7-5-8-15-35;1-38-28-18-10-8-16-24(28)26-20-21-27-25-17-9-11-19-29(25)39(31(27)30(26)38)34-36-32(22-12-4-2-5-13-22)35-33(37-34)23-14-6-3-7-15-23/h2,5-33,49H,1,3-4H2;2-21H,1H3/b13-6+;. The summed E-state index contributed by atoms with van der Waals surface area (Å²) < 4.78 is 6.90. The fourth-order valence-electron chi connectivity index (χ4n) is 13.7. The summed E-state index contributed by atoms with van der Waals surface area (Å²) in [6.45, 7) is 3.83. The third-order valence-corrected chi connectivity index (χ3v) is 17.9. The summed E-state index contributed by atoms with van der Waals surface area (Å²) in [4.78, 5) is 15.1. The molecule has 6 heteroatoms. The summed E-state index contributed by atoms with van der Waals surface area (Å²) >= 11 is 0. The number of hydrogen-bond donors (Lipinski definition) is 0. The van der Waals surface area contributed by atoms with Crippen molar-refractivity contribution in [3.05, 3.63) is 326 Å². The molecule has 0 N–H and O–H groups in total. The van der Waals surface area contributed by atoms with E-state index in [4.69, 9.17) is 15.0 Å². The van der Waals surface area contributed by atoms with Crippen molar-refractivity contribution in [2.24, 2.45) is 7.05 Å². The van der Waals surface area contributed by atoms with Gasteiger partial charge in [0.2, 0.25) is 5.95 Å². The third kappa shape index (κ3) is 9.32. The van der Waals surface area contributed by atoms with Gasteiger partial charge in [0.15, 0.2) is 11.6 Å². The lowest BCUT2D eigenvalue weighted by Gasteiger charge is -2.15. The zero-order valence-corrected chi connectivity index (χ0v) is 49.2. The first-order chi connectivity index (χ1) is 44.0. The van der Waals surface area contributed by atoms with Gasteiger partial charge in [-0.2, -0.15) is 9.97 Å². The van der Waals surface area contributed by atoms with Gasteiger partial charge in [-0.1, -0.05) is 255 Å². The van der Waals surface area contributed by atoms with Crippen molar-refractivity contribution in [2.45, 2.75) is 18.8 Å². The van der Waals surface area contributed by atoms with Crippen LogP contribution in [0, 0.1) is 0 Å². The summed E-state index contributed by atoms with van der Waals surface area (Å²) in [7, 11) is 2.14. The van der Waals surface area contributed by atoms with Gasteiger partial charge in [0.1, 0.15) is 0 Å². The molecule has 0 amide bonds. The Kier molecular flexibility index (Phi) is 13.4. The van der Waals surface area contributed by atoms with Gasteiger partial charge in [0.05, 0.1) is 27.6 Å². The topological polar surface area (TPSA) is 53.5 Å². The van der Waals surface area contributed by atoms with Crippen LogP contribution < -0.4 is 0 Å². The number of rotatable bonds is 11. The van der Waals surface area contributed by atoms with Crippen LogP contribution in [-0.2, 0) is 7.05 Å². The minimum absolute atomic E-state index is 0.217. The number of unbranched alkanes of at least 4 members (excludes halogenated alkanes) is 1. The Morgan fingerprint density at radius 1 is 0.371 bits per heavy atom. The van der Waals surface area contributed by atoms with Gasteiger partial charge < -0.3 is 9.13 Å². The molecule has 6 nitrogen and oxygen atoms in total. The molecule has 1 aliphatic rings. The SMILES string of the molecule is C=CCC/C=C/c1ccc(-n2c3ccccc3c3cc(-c4ccc5c(c4)-c4ccccc4C5c4ccc(-c5ccccc5)cc4)ccc32)cc1.Cn1c2ccccc2c2ccc3c4ccccc4n(-c4nc(-c5ccccc5)nc(-c5ccccc5)n4)c3c21. The van der Waals surface area contributed by atoms with Crippen molar-refractivity contribution >= 4 is 71.5 Å². The van der Waals surface area contributed by atoms with E-state index in [1.165, 1.54) is 110 Å². The average molecular weight is 1140 g/mol. The van der Waals surface area contributed by atoms with Gasteiger partial charge in [-0.05, 0) is 117 Å². The number of aryl methyl sites for hydroxylation is 1. The average Bonchev–Trinajstić information content (AvgIpc) is 2.07. The molecule has 1 aliphatic carbocycles. The fourth-order valence-corrected chi connectivity index (χ4v) is 13.7. The zero-order chi connectivity index (χ0) is 59.4. The van der Waals surface area contributed by atoms with Crippen molar-refractivity contribution in [3.8, 4) is 67.8 Å². The van der Waals surface area contributed by atoms with Crippen LogP contribution in [-0.4, -0.2) is 28.7 Å². The maximum Gasteiger partial charge on any atom is 0.238 e. The number of fused-ring (bicyclic) bond motifs is 13. The number of para-hydroxylation sites is 3. The van der Waals surface area contributed by atoms with Crippen LogP contribution in [0.5, 0.6) is 0 Å². The number of nitrogens with zero attached hydrogens (tertiary/aromatic N) is 6. The molecule has 1 atom stereocenters. The molecule has 422 valence electrons. The lowest BCUT2D eigenvalue weighted by molar-refractivity contribution is 0.949. The van der Waals surface area contributed by atoms with E-state index in [0.717, 1.165) is 40.5 Å². The van der Waals surface area contributed by atoms with Crippen molar-refractivity contribution < 1.29 is 0 Å². The first-order valence-electron chi connectivity index (χ1n) is 30.6. The van der Waals surface area contributed by atoms with E-state index < -0.39 is 0 Å². The van der Waals surface area contributed by atoms with Gasteiger partial charge in [0, 0.05) is 67.6 Å². The van der Waals surface area contributed by atoms with Crippen LogP contribution >= 0.6 is 0 Å². The Balaban J connectivity index is 0.000000147. The number of benzene rings is 12. The first kappa shape index (κ1) is 53.0. The molecule has 0 aliphatic heterocycles. The molecular formula is C83H60N6. The zero-order valence-electron chi connectivity index (χ0n) is 49.2. The molecule has 12 aromatic carbocycles. The van der Waals surface area contributed by atoms with Gasteiger partial charge in [-0.15, -0.1) is 6.58 Å². The molecule has 0 spiro atoms. The second-order valence-corrected chi connectivity index (χ2v) is 23.1. The smallest absolute Gasteiger partial charge is 0.238 e. The largest absolute Gasteiger partial charge is 0.342 e. The molecule has 16 aromatic rings. The summed E-state index contributed by atoms with van der Waals surface area (Å²) in [5.74, 6) is 2.12. The molecule has 89 heavy (non-hydrogen) atoms. The van der Waals surface area contributed by atoms with Crippen molar-refractivity contribution in [2.75, 3.05) is 0 Å². The van der Waals surface area contributed by atoms with Gasteiger partial charge >= 0.3 is 0 Å². The lowest BCUT2D eigenvalue weighted by Crippen LogP contribution is -2.07. The highest BCUT2D eigenvalue weighted by molar-refractivity contribution is 6.23. The quantitative estimate of drug-likeness (QED) is 0.0958. The molecule has 0 saturated heterocycles. The first-order valence-corrected chi connectivity index (χ1v) is 30.6. The monoisotopic (exact) mass is 1140 g/mol. The van der Waals surface area contributed by atoms with E-state index in [1.54, 1.807) is 0 Å². The van der Waals surface area contributed by atoms with Crippen molar-refractivity contribution in [3.63, 3.8) is 0 Å². The minimum atomic E-state index is 0.217. The molecule has 0 bridgehead atoms. The predicted molar refractivity (Wildman–Crippen MR) is 372 cm³/mol. The van der Waals surface area contributed by atoms with E-state index >= 15 is 0 Å². The van der Waals surface area contributed by atoms with Crippen LogP contribution in [0.15, 0.2) is 304 Å². The fraction of sp³-hybridized carbons (Fsp3) is 0.0482. The second-order valence-electron chi connectivity index (χ2n) is 23.1. The van der Waals surface area contributed by atoms with Gasteiger partial charge in [-0.3, -0.25) is 4.57 Å². The molecule has 1 unspecified atom stereocenters. The van der Waals surface area contributed by atoms with E-state index in [2.05, 4.69) is 264 Å². The van der Waals surface area contributed by atoms with E-state index in [9.17, 15) is 0 Å². The van der Waals surface area contributed by atoms with Crippen molar-refractivity contribution in [1.82, 2.24) is 28.7 Å². The molecule has 0 fully saturated rings. The van der Waals surface area contributed by atoms with Crippen LogP contribution in [0.25, 0.3) is 139 Å². The van der Waals surface area contributed by atoms with Crippen LogP contribution in [0.4, 0.5) is 0 Å². The maximum absolute atomic E-state index is 5.09. The summed E-state index contributed by atoms with van der Waals surface area (Å²) in [5, 5.41) is 7.33. The Morgan fingerprint density at radius 3 is 1.55 bits per heavy atom. The third-order valence-electron chi connectivity index (χ3n) is 17.9. The van der Waals surface area contributed by atoms with Gasteiger partial charge in [-0.25, -0.2) is 4.98 Å². The Bertz CT molecular complexity index is 5320. The lowest BCUT2D eigenvalue weighted by atomic mass is 9.88. The Hall–Kier alpha value is -11.5. The second kappa shape index (κ2) is 22.4. The minimum Gasteiger partial charge on any atom is -0.342 e. The summed E-state index contributed by atoms with van der Waals surface area (Å²) in [6, 6.07) is 102. The van der Waals surface area contributed by atoms with Crippen LogP contribution in [0.2, 0.25) is 0 Å². The molecular weight excluding hydrogens is 1080 g/mol. The normalized spacial score (nSPS) is 12.8. The van der Waals surface area contributed by atoms with E-state index in [1.807, 2.05) is 66.7 Å². The Morgan fingerprint density at radius 2 is 0.876 bits per heavy atom. The van der Waals surface area contributed by atoms with E-state index in [-0.39, 0.29) is 5.92 Å². The number of allylic oxidation sites excluding steroid dienone is 2. The maximum atomic E-state index is 5.09. The number of aromatic nitrogens is 6. The molecule has 4 heterocycles. The highest BCUT2D eigenvalue weighted by atomic mass is 15.2. The molecule has 17 rings (SSSR count). The van der Waals surface area contributed by atoms with E-state index in [0.29, 0.717) is 17.6 Å². The predicted octanol–water partition coefficient (Wildman–Crippen LogP) is 21.2. The summed E-state index contributed by atoms with van der Waals surface area (Å²) in [6.07, 6.45) is 8.40. The molecule has 4 aromatic heterocycles. The van der Waals surface area contributed by atoms with Crippen LogP contribution in [0.3, 0.4) is 0 Å². The summed E-state index contributed by atoms with van der Waals surface area (Å²) in [5.41, 5.74) is 23.0. The molecule has 0 radical (unpaired) electrons. The number of hydrogen-bond acceptors (Lipinski definition) is 3. The highest BCUT2D eigenvalue weighted by Gasteiger charge is 2.30. The van der Waals surface area contributed by atoms with Crippen LogP contribution in [0.1, 0.15) is 41.0 Å².